The molecule has 3 aromatic rings. The van der Waals surface area contributed by atoms with E-state index in [1.807, 2.05) is 12.1 Å². The summed E-state index contributed by atoms with van der Waals surface area (Å²) < 4.78 is 10.7. The Bertz CT molecular complexity index is 940. The summed E-state index contributed by atoms with van der Waals surface area (Å²) in [5.74, 6) is 0.619. The van der Waals surface area contributed by atoms with E-state index < -0.39 is 0 Å². The molecule has 1 aromatic carbocycles. The number of benzene rings is 1. The fourth-order valence-electron chi connectivity index (χ4n) is 2.35. The number of pyridine rings is 1. The number of hydrogen-bond acceptors (Lipinski definition) is 6. The van der Waals surface area contributed by atoms with Gasteiger partial charge in [-0.05, 0) is 24.3 Å². The second kappa shape index (κ2) is 9.31. The van der Waals surface area contributed by atoms with Crippen LogP contribution >= 0.6 is 0 Å². The van der Waals surface area contributed by atoms with Crippen molar-refractivity contribution in [3.05, 3.63) is 60.6 Å². The molecule has 0 aliphatic rings. The number of anilines is 1. The standard InChI is InChI=1S/C20H20N4O4/c1-2-19(25)23-15-6-3-7-16(9-15)27-13-20(26)22-12-17-10-18(24-28-17)14-5-4-8-21-11-14/h3-11H,2,12-13H2,1H3,(H,22,26)(H,23,25). The average molecular weight is 380 g/mol. The predicted molar refractivity (Wildman–Crippen MR) is 102 cm³/mol. The van der Waals surface area contributed by atoms with Crippen molar-refractivity contribution in [2.75, 3.05) is 11.9 Å². The third-order valence-electron chi connectivity index (χ3n) is 3.78. The lowest BCUT2D eigenvalue weighted by Gasteiger charge is -2.08. The molecule has 144 valence electrons. The Morgan fingerprint density at radius 3 is 2.82 bits per heavy atom. The zero-order valence-corrected chi connectivity index (χ0v) is 15.3. The number of aromatic nitrogens is 2. The monoisotopic (exact) mass is 380 g/mol. The van der Waals surface area contributed by atoms with Gasteiger partial charge in [0.1, 0.15) is 11.4 Å². The maximum atomic E-state index is 12.0. The number of carbonyl (C=O) groups is 2. The summed E-state index contributed by atoms with van der Waals surface area (Å²) in [5.41, 5.74) is 2.11. The molecule has 0 atom stereocenters. The van der Waals surface area contributed by atoms with Crippen molar-refractivity contribution in [3.8, 4) is 17.0 Å². The molecule has 0 unspecified atom stereocenters. The third-order valence-corrected chi connectivity index (χ3v) is 3.78. The minimum atomic E-state index is -0.303. The van der Waals surface area contributed by atoms with Crippen LogP contribution in [0.25, 0.3) is 11.3 Å². The van der Waals surface area contributed by atoms with E-state index in [1.165, 1.54) is 0 Å². The molecule has 2 amide bonds. The van der Waals surface area contributed by atoms with E-state index in [1.54, 1.807) is 49.6 Å². The van der Waals surface area contributed by atoms with Crippen molar-refractivity contribution < 1.29 is 18.8 Å². The van der Waals surface area contributed by atoms with Gasteiger partial charge in [-0.25, -0.2) is 0 Å². The largest absolute Gasteiger partial charge is 0.484 e. The summed E-state index contributed by atoms with van der Waals surface area (Å²) in [6.07, 6.45) is 3.75. The van der Waals surface area contributed by atoms with E-state index >= 15 is 0 Å². The molecule has 8 heteroatoms. The first kappa shape index (κ1) is 19.1. The third kappa shape index (κ3) is 5.41. The Balaban J connectivity index is 1.47. The summed E-state index contributed by atoms with van der Waals surface area (Å²) in [6, 6.07) is 12.3. The second-order valence-corrected chi connectivity index (χ2v) is 5.92. The van der Waals surface area contributed by atoms with E-state index in [4.69, 9.17) is 9.26 Å². The van der Waals surface area contributed by atoms with E-state index in [-0.39, 0.29) is 25.0 Å². The first-order valence-corrected chi connectivity index (χ1v) is 8.79. The van der Waals surface area contributed by atoms with Crippen LogP contribution in [0.15, 0.2) is 59.4 Å². The summed E-state index contributed by atoms with van der Waals surface area (Å²) >= 11 is 0. The molecule has 0 saturated heterocycles. The second-order valence-electron chi connectivity index (χ2n) is 5.92. The van der Waals surface area contributed by atoms with Gasteiger partial charge < -0.3 is 19.9 Å². The highest BCUT2D eigenvalue weighted by Gasteiger charge is 2.09. The summed E-state index contributed by atoms with van der Waals surface area (Å²) in [7, 11) is 0. The molecular weight excluding hydrogens is 360 g/mol. The summed E-state index contributed by atoms with van der Waals surface area (Å²) in [4.78, 5) is 27.5. The van der Waals surface area contributed by atoms with Gasteiger partial charge in [0.05, 0.1) is 6.54 Å². The van der Waals surface area contributed by atoms with Gasteiger partial charge >= 0.3 is 0 Å². The summed E-state index contributed by atoms with van der Waals surface area (Å²) in [5, 5.41) is 9.41. The van der Waals surface area contributed by atoms with Gasteiger partial charge in [0.15, 0.2) is 12.4 Å². The van der Waals surface area contributed by atoms with E-state index in [0.29, 0.717) is 29.3 Å². The fourth-order valence-corrected chi connectivity index (χ4v) is 2.35. The fraction of sp³-hybridized carbons (Fsp3) is 0.200. The van der Waals surface area contributed by atoms with Crippen LogP contribution < -0.4 is 15.4 Å². The molecule has 0 radical (unpaired) electrons. The zero-order valence-electron chi connectivity index (χ0n) is 15.3. The maximum absolute atomic E-state index is 12.0. The Morgan fingerprint density at radius 1 is 1.14 bits per heavy atom. The number of rotatable bonds is 8. The van der Waals surface area contributed by atoms with Gasteiger partial charge in [0.25, 0.3) is 5.91 Å². The Hall–Kier alpha value is -3.68. The van der Waals surface area contributed by atoms with Crippen molar-refractivity contribution in [2.45, 2.75) is 19.9 Å². The van der Waals surface area contributed by atoms with Crippen LogP contribution in [0.4, 0.5) is 5.69 Å². The van der Waals surface area contributed by atoms with Crippen molar-refractivity contribution in [3.63, 3.8) is 0 Å². The van der Waals surface area contributed by atoms with Gasteiger partial charge in [-0.15, -0.1) is 0 Å². The molecule has 0 aliphatic carbocycles. The Labute approximate surface area is 161 Å². The van der Waals surface area contributed by atoms with Crippen LogP contribution in [0.3, 0.4) is 0 Å². The highest BCUT2D eigenvalue weighted by molar-refractivity contribution is 5.90. The normalized spacial score (nSPS) is 10.3. The molecule has 28 heavy (non-hydrogen) atoms. The van der Waals surface area contributed by atoms with E-state index in [0.717, 1.165) is 5.56 Å². The smallest absolute Gasteiger partial charge is 0.258 e. The van der Waals surface area contributed by atoms with E-state index in [2.05, 4.69) is 20.8 Å². The number of amides is 2. The summed E-state index contributed by atoms with van der Waals surface area (Å²) in [6.45, 7) is 1.81. The van der Waals surface area contributed by atoms with Crippen LogP contribution in [0.5, 0.6) is 5.75 Å². The maximum Gasteiger partial charge on any atom is 0.258 e. The lowest BCUT2D eigenvalue weighted by Crippen LogP contribution is -2.28. The predicted octanol–water partition coefficient (Wildman–Crippen LogP) is 2.78. The van der Waals surface area contributed by atoms with Crippen molar-refractivity contribution in [1.29, 1.82) is 0 Å². The Kier molecular flexibility index (Phi) is 6.35. The van der Waals surface area contributed by atoms with Crippen LogP contribution in [-0.2, 0) is 16.1 Å². The molecule has 2 heterocycles. The zero-order chi connectivity index (χ0) is 19.8. The molecule has 2 N–H and O–H groups in total. The highest BCUT2D eigenvalue weighted by atomic mass is 16.5. The highest BCUT2D eigenvalue weighted by Crippen LogP contribution is 2.18. The number of nitrogens with one attached hydrogen (secondary N) is 2. The lowest BCUT2D eigenvalue weighted by atomic mass is 10.2. The molecular formula is C20H20N4O4. The van der Waals surface area contributed by atoms with Gasteiger partial charge in [-0.1, -0.05) is 18.1 Å². The first-order valence-electron chi connectivity index (χ1n) is 8.79. The van der Waals surface area contributed by atoms with Crippen LogP contribution in [0, 0.1) is 0 Å². The van der Waals surface area contributed by atoms with Crippen LogP contribution in [-0.4, -0.2) is 28.6 Å². The minimum Gasteiger partial charge on any atom is -0.484 e. The number of hydrogen-bond donors (Lipinski definition) is 2. The molecule has 3 rings (SSSR count). The van der Waals surface area contributed by atoms with Gasteiger partial charge in [-0.3, -0.25) is 14.6 Å². The topological polar surface area (TPSA) is 106 Å². The number of nitrogens with zero attached hydrogens (tertiary/aromatic N) is 2. The van der Waals surface area contributed by atoms with Gasteiger partial charge in [0, 0.05) is 42.2 Å². The lowest BCUT2D eigenvalue weighted by molar-refractivity contribution is -0.123. The molecule has 0 saturated carbocycles. The number of ether oxygens (including phenoxy) is 1. The van der Waals surface area contributed by atoms with Crippen molar-refractivity contribution in [1.82, 2.24) is 15.5 Å². The number of carbonyl (C=O) groups excluding carboxylic acids is 2. The minimum absolute atomic E-state index is 0.0902. The van der Waals surface area contributed by atoms with Crippen molar-refractivity contribution in [2.24, 2.45) is 0 Å². The van der Waals surface area contributed by atoms with E-state index in [9.17, 15) is 9.59 Å². The van der Waals surface area contributed by atoms with Crippen molar-refractivity contribution >= 4 is 17.5 Å². The molecule has 0 spiro atoms. The van der Waals surface area contributed by atoms with Gasteiger partial charge in [-0.2, -0.15) is 0 Å². The molecule has 8 nitrogen and oxygen atoms in total. The average Bonchev–Trinajstić information content (AvgIpc) is 3.21. The van der Waals surface area contributed by atoms with Crippen LogP contribution in [0.1, 0.15) is 19.1 Å². The first-order chi connectivity index (χ1) is 13.6. The SMILES string of the molecule is CCC(=O)Nc1cccc(OCC(=O)NCc2cc(-c3cccnc3)no2)c1. The molecule has 0 fully saturated rings. The quantitative estimate of drug-likeness (QED) is 0.622. The molecule has 0 bridgehead atoms. The van der Waals surface area contributed by atoms with Gasteiger partial charge in [0.2, 0.25) is 5.91 Å². The molecule has 0 aliphatic heterocycles. The molecule has 2 aromatic heterocycles. The van der Waals surface area contributed by atoms with Crippen LogP contribution in [0.2, 0.25) is 0 Å². The Morgan fingerprint density at radius 2 is 2.04 bits per heavy atom.